The van der Waals surface area contributed by atoms with Crippen LogP contribution in [0.4, 0.5) is 0 Å². The molecule has 1 fully saturated rings. The van der Waals surface area contributed by atoms with Gasteiger partial charge in [-0.3, -0.25) is 10.1 Å². The molecule has 190 valence electrons. The van der Waals surface area contributed by atoms with Crippen LogP contribution in [0, 0.1) is 6.92 Å². The van der Waals surface area contributed by atoms with Crippen molar-refractivity contribution >= 4 is 5.97 Å². The van der Waals surface area contributed by atoms with Gasteiger partial charge in [-0.2, -0.15) is 4.98 Å². The lowest BCUT2D eigenvalue weighted by atomic mass is 9.94. The highest BCUT2D eigenvalue weighted by molar-refractivity contribution is 5.84. The van der Waals surface area contributed by atoms with Crippen molar-refractivity contribution in [2.75, 3.05) is 13.7 Å². The standard InChI is InChI=1S/C30H31N3O4/c1-4-36-29(34)30(14-15-30)31-18-21-9-7-10-22(16-21)27-32-28(37-33-27)23-12-13-26(24(17-23)19-35-3)25-11-6-5-8-20(25)2/h5-13,16-17,31H,4,14-15,18-19H2,1-3H3. The Kier molecular flexibility index (Phi) is 7.17. The van der Waals surface area contributed by atoms with Gasteiger partial charge in [-0.15, -0.1) is 0 Å². The van der Waals surface area contributed by atoms with Crippen molar-refractivity contribution in [3.8, 4) is 34.0 Å². The van der Waals surface area contributed by atoms with Crippen molar-refractivity contribution in [3.63, 3.8) is 0 Å². The Balaban J connectivity index is 1.35. The summed E-state index contributed by atoms with van der Waals surface area (Å²) in [6.45, 7) is 5.35. The van der Waals surface area contributed by atoms with Crippen LogP contribution in [-0.2, 0) is 27.4 Å². The third-order valence-corrected chi connectivity index (χ3v) is 6.75. The summed E-state index contributed by atoms with van der Waals surface area (Å²) in [5, 5.41) is 7.61. The molecule has 7 heteroatoms. The fraction of sp³-hybridized carbons (Fsp3) is 0.300. The van der Waals surface area contributed by atoms with Gasteiger partial charge in [-0.1, -0.05) is 53.7 Å². The van der Waals surface area contributed by atoms with Crippen molar-refractivity contribution < 1.29 is 18.8 Å². The van der Waals surface area contributed by atoms with Crippen LogP contribution in [0.15, 0.2) is 71.3 Å². The van der Waals surface area contributed by atoms with E-state index >= 15 is 0 Å². The number of hydrogen-bond acceptors (Lipinski definition) is 7. The normalized spacial score (nSPS) is 13.9. The molecule has 0 amide bonds. The Morgan fingerprint density at radius 1 is 1.03 bits per heavy atom. The Hall–Kier alpha value is -3.81. The van der Waals surface area contributed by atoms with Crippen LogP contribution in [0.5, 0.6) is 0 Å². The summed E-state index contributed by atoms with van der Waals surface area (Å²) >= 11 is 0. The summed E-state index contributed by atoms with van der Waals surface area (Å²) in [6, 6.07) is 22.4. The molecule has 0 radical (unpaired) electrons. The summed E-state index contributed by atoms with van der Waals surface area (Å²) in [5.74, 6) is 0.793. The predicted molar refractivity (Wildman–Crippen MR) is 141 cm³/mol. The van der Waals surface area contributed by atoms with E-state index < -0.39 is 5.54 Å². The Morgan fingerprint density at radius 3 is 2.62 bits per heavy atom. The number of carbonyl (C=O) groups excluding carboxylic acids is 1. The van der Waals surface area contributed by atoms with E-state index in [9.17, 15) is 4.79 Å². The van der Waals surface area contributed by atoms with Crippen LogP contribution in [-0.4, -0.2) is 35.4 Å². The van der Waals surface area contributed by atoms with Gasteiger partial charge in [0.25, 0.3) is 5.89 Å². The van der Waals surface area contributed by atoms with E-state index in [0.717, 1.165) is 40.7 Å². The highest BCUT2D eigenvalue weighted by Gasteiger charge is 2.50. The first-order chi connectivity index (χ1) is 18.0. The highest BCUT2D eigenvalue weighted by Crippen LogP contribution is 2.37. The lowest BCUT2D eigenvalue weighted by Crippen LogP contribution is -2.40. The van der Waals surface area contributed by atoms with Crippen LogP contribution in [0.2, 0.25) is 0 Å². The molecule has 1 aliphatic carbocycles. The Labute approximate surface area is 216 Å². The van der Waals surface area contributed by atoms with Crippen LogP contribution in [0.3, 0.4) is 0 Å². The van der Waals surface area contributed by atoms with Crippen LogP contribution in [0.25, 0.3) is 34.0 Å². The molecule has 0 atom stereocenters. The number of ether oxygens (including phenoxy) is 2. The molecule has 0 saturated heterocycles. The monoisotopic (exact) mass is 497 g/mol. The first-order valence-corrected chi connectivity index (χ1v) is 12.6. The number of nitrogens with zero attached hydrogens (tertiary/aromatic N) is 2. The second kappa shape index (κ2) is 10.7. The third-order valence-electron chi connectivity index (χ3n) is 6.75. The first kappa shape index (κ1) is 24.9. The maximum atomic E-state index is 12.2. The van der Waals surface area contributed by atoms with Crippen LogP contribution >= 0.6 is 0 Å². The Bertz CT molecular complexity index is 1410. The van der Waals surface area contributed by atoms with E-state index in [-0.39, 0.29) is 5.97 Å². The fourth-order valence-corrected chi connectivity index (χ4v) is 4.54. The number of carbonyl (C=O) groups is 1. The summed E-state index contributed by atoms with van der Waals surface area (Å²) in [6.07, 6.45) is 1.60. The minimum atomic E-state index is -0.546. The molecule has 4 aromatic rings. The molecule has 1 heterocycles. The zero-order valence-electron chi connectivity index (χ0n) is 21.4. The van der Waals surface area contributed by atoms with Gasteiger partial charge in [-0.05, 0) is 72.7 Å². The van der Waals surface area contributed by atoms with E-state index in [1.54, 1.807) is 7.11 Å². The summed E-state index contributed by atoms with van der Waals surface area (Å²) in [7, 11) is 1.69. The van der Waals surface area contributed by atoms with Crippen LogP contribution in [0.1, 0.15) is 36.5 Å². The first-order valence-electron chi connectivity index (χ1n) is 12.6. The number of methoxy groups -OCH3 is 1. The van der Waals surface area contributed by atoms with Gasteiger partial charge in [0.05, 0.1) is 13.2 Å². The van der Waals surface area contributed by atoms with Gasteiger partial charge in [0, 0.05) is 24.8 Å². The molecule has 0 aliphatic heterocycles. The number of nitrogens with one attached hydrogen (secondary N) is 1. The van der Waals surface area contributed by atoms with Crippen LogP contribution < -0.4 is 5.32 Å². The molecule has 1 saturated carbocycles. The average molecular weight is 498 g/mol. The second-order valence-corrected chi connectivity index (χ2v) is 9.40. The molecule has 5 rings (SSSR count). The van der Waals surface area contributed by atoms with Crippen molar-refractivity contribution in [2.45, 2.75) is 45.4 Å². The zero-order chi connectivity index (χ0) is 25.8. The topological polar surface area (TPSA) is 86.5 Å². The summed E-state index contributed by atoms with van der Waals surface area (Å²) in [5.41, 5.74) is 6.73. The molecule has 3 aromatic carbocycles. The molecule has 1 N–H and O–H groups in total. The average Bonchev–Trinajstić information content (AvgIpc) is 3.55. The third kappa shape index (κ3) is 5.33. The molecular formula is C30H31N3O4. The quantitative estimate of drug-likeness (QED) is 0.281. The van der Waals surface area contributed by atoms with E-state index in [1.807, 2.05) is 55.5 Å². The SMILES string of the molecule is CCOC(=O)C1(NCc2cccc(-c3noc(-c4ccc(-c5ccccc5C)c(COC)c4)n3)c2)CC1. The molecule has 0 spiro atoms. The second-order valence-electron chi connectivity index (χ2n) is 9.40. The maximum absolute atomic E-state index is 12.2. The van der Waals surface area contributed by atoms with Crippen molar-refractivity contribution in [2.24, 2.45) is 0 Å². The maximum Gasteiger partial charge on any atom is 0.326 e. The fourth-order valence-electron chi connectivity index (χ4n) is 4.54. The van der Waals surface area contributed by atoms with E-state index in [2.05, 4.69) is 40.6 Å². The number of rotatable bonds is 10. The van der Waals surface area contributed by atoms with Gasteiger partial charge in [-0.25, -0.2) is 0 Å². The number of aryl methyl sites for hydroxylation is 1. The van der Waals surface area contributed by atoms with Crippen molar-refractivity contribution in [3.05, 3.63) is 83.4 Å². The molecule has 0 unspecified atom stereocenters. The van der Waals surface area contributed by atoms with Gasteiger partial charge < -0.3 is 14.0 Å². The van der Waals surface area contributed by atoms with Gasteiger partial charge in [0.1, 0.15) is 5.54 Å². The molecule has 1 aliphatic rings. The zero-order valence-corrected chi connectivity index (χ0v) is 21.4. The molecular weight excluding hydrogens is 466 g/mol. The molecule has 1 aromatic heterocycles. The summed E-state index contributed by atoms with van der Waals surface area (Å²) in [4.78, 5) is 16.9. The lowest BCUT2D eigenvalue weighted by molar-refractivity contribution is -0.147. The summed E-state index contributed by atoms with van der Waals surface area (Å²) < 4.78 is 16.4. The molecule has 37 heavy (non-hydrogen) atoms. The minimum absolute atomic E-state index is 0.171. The van der Waals surface area contributed by atoms with E-state index in [4.69, 9.17) is 14.0 Å². The highest BCUT2D eigenvalue weighted by atomic mass is 16.5. The van der Waals surface area contributed by atoms with Crippen molar-refractivity contribution in [1.29, 1.82) is 0 Å². The Morgan fingerprint density at radius 2 is 1.86 bits per heavy atom. The van der Waals surface area contributed by atoms with E-state index in [0.29, 0.717) is 31.5 Å². The van der Waals surface area contributed by atoms with Gasteiger partial charge in [0.15, 0.2) is 0 Å². The van der Waals surface area contributed by atoms with E-state index in [1.165, 1.54) is 11.1 Å². The minimum Gasteiger partial charge on any atom is -0.465 e. The smallest absolute Gasteiger partial charge is 0.326 e. The lowest BCUT2D eigenvalue weighted by Gasteiger charge is -2.15. The molecule has 0 bridgehead atoms. The number of hydrogen-bond donors (Lipinski definition) is 1. The predicted octanol–water partition coefficient (Wildman–Crippen LogP) is 5.71. The number of esters is 1. The molecule has 7 nitrogen and oxygen atoms in total. The number of benzene rings is 3. The largest absolute Gasteiger partial charge is 0.465 e. The van der Waals surface area contributed by atoms with Crippen molar-refractivity contribution in [1.82, 2.24) is 15.5 Å². The van der Waals surface area contributed by atoms with Gasteiger partial charge in [0.2, 0.25) is 5.82 Å². The number of aromatic nitrogens is 2. The van der Waals surface area contributed by atoms with Gasteiger partial charge >= 0.3 is 5.97 Å².